The van der Waals surface area contributed by atoms with Crippen molar-refractivity contribution in [3.63, 3.8) is 0 Å². The third-order valence-corrected chi connectivity index (χ3v) is 5.04. The van der Waals surface area contributed by atoms with E-state index in [-0.39, 0.29) is 12.1 Å². The molecule has 0 aliphatic carbocycles. The van der Waals surface area contributed by atoms with Gasteiger partial charge in [-0.1, -0.05) is 12.6 Å². The number of nitrogens with one attached hydrogen (secondary N) is 1. The number of hydrogen-bond donors (Lipinski definition) is 1. The molecule has 0 atom stereocenters. The van der Waals surface area contributed by atoms with Crippen molar-refractivity contribution in [3.05, 3.63) is 77.6 Å². The molecule has 0 radical (unpaired) electrons. The molecule has 4 rings (SSSR count). The average molecular weight is 485 g/mol. The Morgan fingerprint density at radius 2 is 1.94 bits per heavy atom. The van der Waals surface area contributed by atoms with Gasteiger partial charge in [-0.3, -0.25) is 4.99 Å². The molecule has 0 bridgehead atoms. The molecular formula is C23H19F4N7O. The van der Waals surface area contributed by atoms with Crippen LogP contribution in [0, 0.1) is 11.6 Å². The van der Waals surface area contributed by atoms with Crippen LogP contribution in [-0.2, 0) is 11.3 Å². The number of nitrogens with zero attached hydrogens (tertiary/aromatic N) is 6. The van der Waals surface area contributed by atoms with Gasteiger partial charge in [0.05, 0.1) is 17.6 Å². The molecule has 0 amide bonds. The molecule has 0 aliphatic heterocycles. The van der Waals surface area contributed by atoms with E-state index >= 15 is 0 Å². The minimum absolute atomic E-state index is 0.0827. The zero-order valence-corrected chi connectivity index (χ0v) is 18.6. The Bertz CT molecular complexity index is 1430. The first-order valence-corrected chi connectivity index (χ1v) is 10.3. The Balaban J connectivity index is 1.56. The fourth-order valence-electron chi connectivity index (χ4n) is 3.25. The molecule has 0 saturated heterocycles. The van der Waals surface area contributed by atoms with Crippen LogP contribution in [0.25, 0.3) is 22.3 Å². The molecule has 12 heteroatoms. The van der Waals surface area contributed by atoms with Crippen molar-refractivity contribution in [3.8, 4) is 11.4 Å². The van der Waals surface area contributed by atoms with Crippen LogP contribution in [0.5, 0.6) is 0 Å². The topological polar surface area (TPSA) is 90.1 Å². The molecule has 0 spiro atoms. The number of pyridine rings is 1. The molecule has 0 saturated carbocycles. The van der Waals surface area contributed by atoms with Crippen molar-refractivity contribution >= 4 is 22.6 Å². The summed E-state index contributed by atoms with van der Waals surface area (Å²) in [6.45, 7) is 2.82. The Hall–Kier alpha value is -4.35. The Morgan fingerprint density at radius 3 is 2.66 bits per heavy atom. The fourth-order valence-corrected chi connectivity index (χ4v) is 3.25. The van der Waals surface area contributed by atoms with Crippen LogP contribution in [0.3, 0.4) is 0 Å². The van der Waals surface area contributed by atoms with Crippen LogP contribution in [0.4, 0.5) is 23.4 Å². The molecule has 1 N–H and O–H groups in total. The van der Waals surface area contributed by atoms with Crippen LogP contribution in [0.15, 0.2) is 59.8 Å². The van der Waals surface area contributed by atoms with Gasteiger partial charge in [-0.2, -0.15) is 4.80 Å². The first kappa shape index (κ1) is 23.8. The van der Waals surface area contributed by atoms with Gasteiger partial charge < -0.3 is 10.1 Å². The summed E-state index contributed by atoms with van der Waals surface area (Å²) in [5.74, 6) is -2.95. The zero-order valence-electron chi connectivity index (χ0n) is 18.6. The summed E-state index contributed by atoms with van der Waals surface area (Å²) < 4.78 is 59.6. The van der Waals surface area contributed by atoms with Crippen molar-refractivity contribution < 1.29 is 22.3 Å². The first-order valence-electron chi connectivity index (χ1n) is 10.3. The average Bonchev–Trinajstić information content (AvgIpc) is 3.33. The van der Waals surface area contributed by atoms with Gasteiger partial charge in [-0.05, 0) is 41.6 Å². The van der Waals surface area contributed by atoms with E-state index < -0.39 is 35.3 Å². The maximum Gasteiger partial charge on any atom is 0.294 e. The summed E-state index contributed by atoms with van der Waals surface area (Å²) in [6.07, 6.45) is -3.00. The summed E-state index contributed by atoms with van der Waals surface area (Å²) in [6, 6.07) is 11.6. The van der Waals surface area contributed by atoms with Gasteiger partial charge in [0.15, 0.2) is 17.4 Å². The highest BCUT2D eigenvalue weighted by Gasteiger charge is 2.22. The second-order valence-electron chi connectivity index (χ2n) is 7.30. The second-order valence-corrected chi connectivity index (χ2v) is 7.30. The molecule has 180 valence electrons. The number of halogens is 4. The van der Waals surface area contributed by atoms with Gasteiger partial charge in [-0.25, -0.2) is 22.5 Å². The molecule has 0 aliphatic rings. The number of alkyl halides is 2. The van der Waals surface area contributed by atoms with E-state index in [1.807, 2.05) is 24.3 Å². The van der Waals surface area contributed by atoms with Crippen molar-refractivity contribution in [2.75, 3.05) is 19.4 Å². The summed E-state index contributed by atoms with van der Waals surface area (Å²) in [7, 11) is 2.98. The Labute approximate surface area is 197 Å². The number of ether oxygens (including phenoxy) is 1. The zero-order chi connectivity index (χ0) is 25.1. The molecule has 35 heavy (non-hydrogen) atoms. The molecule has 8 nitrogen and oxygen atoms in total. The molecule has 0 fully saturated rings. The van der Waals surface area contributed by atoms with Crippen LogP contribution in [-0.4, -0.2) is 51.6 Å². The van der Waals surface area contributed by atoms with E-state index in [1.165, 1.54) is 19.2 Å². The lowest BCUT2D eigenvalue weighted by Crippen LogP contribution is -2.15. The Morgan fingerprint density at radius 1 is 1.14 bits per heavy atom. The summed E-state index contributed by atoms with van der Waals surface area (Å²) in [4.78, 5) is 9.17. The molecule has 4 aromatic rings. The third kappa shape index (κ3) is 4.95. The lowest BCUT2D eigenvalue weighted by Gasteiger charge is -2.12. The molecule has 2 heterocycles. The highest BCUT2D eigenvalue weighted by molar-refractivity contribution is 5.95. The van der Waals surface area contributed by atoms with Crippen molar-refractivity contribution in [1.29, 1.82) is 0 Å². The minimum Gasteiger partial charge on any atom is -0.438 e. The fraction of sp³-hybridized carbons (Fsp3) is 0.174. The maximum atomic E-state index is 14.7. The summed E-state index contributed by atoms with van der Waals surface area (Å²) >= 11 is 0. The van der Waals surface area contributed by atoms with Crippen molar-refractivity contribution in [1.82, 2.24) is 25.2 Å². The van der Waals surface area contributed by atoms with E-state index in [4.69, 9.17) is 4.74 Å². The van der Waals surface area contributed by atoms with E-state index in [9.17, 15) is 17.6 Å². The van der Waals surface area contributed by atoms with Crippen molar-refractivity contribution in [2.45, 2.75) is 13.0 Å². The van der Waals surface area contributed by atoms with Gasteiger partial charge in [0, 0.05) is 30.6 Å². The Kier molecular flexibility index (Phi) is 6.71. The first-order chi connectivity index (χ1) is 16.8. The molecule has 0 unspecified atom stereocenters. The van der Waals surface area contributed by atoms with Gasteiger partial charge in [0.2, 0.25) is 11.7 Å². The number of allylic oxidation sites excluding steroid dienone is 1. The quantitative estimate of drug-likeness (QED) is 0.180. The largest absolute Gasteiger partial charge is 0.438 e. The van der Waals surface area contributed by atoms with Crippen LogP contribution >= 0.6 is 0 Å². The monoisotopic (exact) mass is 485 g/mol. The normalized spacial score (nSPS) is 11.8. The number of aromatic nitrogens is 5. The maximum absolute atomic E-state index is 14.7. The number of tetrazole rings is 1. The molecular weight excluding hydrogens is 466 g/mol. The van der Waals surface area contributed by atoms with E-state index in [1.54, 1.807) is 13.1 Å². The van der Waals surface area contributed by atoms with Crippen molar-refractivity contribution in [2.24, 2.45) is 4.99 Å². The van der Waals surface area contributed by atoms with Gasteiger partial charge >= 0.3 is 0 Å². The lowest BCUT2D eigenvalue weighted by molar-refractivity contribution is 0.134. The summed E-state index contributed by atoms with van der Waals surface area (Å²) in [5, 5.41) is 16.0. The summed E-state index contributed by atoms with van der Waals surface area (Å²) in [5.41, 5.74) is 0.946. The van der Waals surface area contributed by atoms with E-state index in [0.717, 1.165) is 21.5 Å². The number of aliphatic imine (C=N–C) groups is 1. The highest BCUT2D eigenvalue weighted by atomic mass is 19.3. The SMILES string of the molecule is C=C(OC(=NC)c1ccc(Cn2nnc(-c3ccc4nc(NC)ccc4c3)n2)c(F)c1F)C(F)F. The molecule has 2 aromatic heterocycles. The molecule has 2 aromatic carbocycles. The number of fused-ring (bicyclic) bond motifs is 1. The van der Waals surface area contributed by atoms with Crippen LogP contribution in [0.2, 0.25) is 0 Å². The number of benzene rings is 2. The smallest absolute Gasteiger partial charge is 0.294 e. The number of anilines is 1. The third-order valence-electron chi connectivity index (χ3n) is 5.04. The minimum atomic E-state index is -3.00. The number of hydrogen-bond acceptors (Lipinski definition) is 7. The van der Waals surface area contributed by atoms with E-state index in [2.05, 4.69) is 37.3 Å². The predicted molar refractivity (Wildman–Crippen MR) is 122 cm³/mol. The van der Waals surface area contributed by atoms with E-state index in [0.29, 0.717) is 11.4 Å². The lowest BCUT2D eigenvalue weighted by atomic mass is 10.1. The standard InChI is InChI=1S/C23H19F4N7O/c1-12(21(26)27)35-23(29-3)16-7-4-15(19(24)20(16)25)11-34-32-22(31-33-34)14-5-8-17-13(10-14)6-9-18(28-2)30-17/h4-10,21H,1,11H2,2-3H3,(H,28,30). The van der Waals surface area contributed by atoms with Crippen LogP contribution in [0.1, 0.15) is 11.1 Å². The number of rotatable bonds is 7. The predicted octanol–water partition coefficient (Wildman–Crippen LogP) is 4.43. The van der Waals surface area contributed by atoms with Gasteiger partial charge in [0.25, 0.3) is 6.43 Å². The van der Waals surface area contributed by atoms with Gasteiger partial charge in [-0.15, -0.1) is 10.2 Å². The highest BCUT2D eigenvalue weighted by Crippen LogP contribution is 2.23. The van der Waals surface area contributed by atoms with Gasteiger partial charge in [0.1, 0.15) is 5.82 Å². The van der Waals surface area contributed by atoms with Crippen LogP contribution < -0.4 is 5.32 Å². The second kappa shape index (κ2) is 9.87.